The summed E-state index contributed by atoms with van der Waals surface area (Å²) in [5.74, 6) is 0.399. The van der Waals surface area contributed by atoms with Gasteiger partial charge >= 0.3 is 18.0 Å². The van der Waals surface area contributed by atoms with Gasteiger partial charge in [-0.3, -0.25) is 34.1 Å². The van der Waals surface area contributed by atoms with Crippen LogP contribution in [0.15, 0.2) is 48.5 Å². The van der Waals surface area contributed by atoms with E-state index in [0.717, 1.165) is 12.8 Å². The van der Waals surface area contributed by atoms with Crippen LogP contribution in [0.25, 0.3) is 0 Å². The molecular formula is C43H54ClN3O12. The molecule has 2 saturated carbocycles. The molecule has 5 fully saturated rings. The fourth-order valence-corrected chi connectivity index (χ4v) is 9.35. The summed E-state index contributed by atoms with van der Waals surface area (Å²) in [4.78, 5) is 85.7. The maximum Gasteiger partial charge on any atom is 0.410 e. The number of likely N-dealkylation sites (tertiary alicyclic amines) is 2. The van der Waals surface area contributed by atoms with E-state index in [1.807, 2.05) is 37.8 Å². The number of carbonyl (C=O) groups is 7. The van der Waals surface area contributed by atoms with Gasteiger partial charge in [-0.1, -0.05) is 12.1 Å². The van der Waals surface area contributed by atoms with Gasteiger partial charge in [0, 0.05) is 61.0 Å². The predicted molar refractivity (Wildman–Crippen MR) is 214 cm³/mol. The van der Waals surface area contributed by atoms with E-state index in [1.165, 1.54) is 21.3 Å². The van der Waals surface area contributed by atoms with Gasteiger partial charge in [0.1, 0.15) is 17.1 Å². The number of nitrogens with zero attached hydrogens (tertiary/aromatic N) is 2. The molecule has 0 radical (unpaired) electrons. The van der Waals surface area contributed by atoms with Crippen molar-refractivity contribution in [2.75, 3.05) is 54.6 Å². The molecule has 0 unspecified atom stereocenters. The van der Waals surface area contributed by atoms with Gasteiger partial charge in [-0.2, -0.15) is 0 Å². The van der Waals surface area contributed by atoms with Crippen molar-refractivity contribution in [2.24, 2.45) is 21.7 Å². The number of ether oxygens (including phenoxy) is 5. The SMILES string of the molecule is COC(=O)CCC1(C(=O)OC)CC2(CN(C(=O)OC(C)(C)C)C2)C1.COc1cccc(C(=O)Cl)c1.COc1cccc(C(=O)N2CC3(C2)CC2(CCC(=O)NC2=O)C3)c1. The van der Waals surface area contributed by atoms with E-state index in [9.17, 15) is 33.6 Å². The summed E-state index contributed by atoms with van der Waals surface area (Å²) in [6.45, 7) is 8.03. The van der Waals surface area contributed by atoms with E-state index < -0.39 is 16.3 Å². The Morgan fingerprint density at radius 1 is 0.763 bits per heavy atom. The Morgan fingerprint density at radius 2 is 1.31 bits per heavy atom. The van der Waals surface area contributed by atoms with Crippen LogP contribution in [0.4, 0.5) is 4.79 Å². The minimum absolute atomic E-state index is 0.00347. The Bertz CT molecular complexity index is 1950. The molecule has 59 heavy (non-hydrogen) atoms. The third kappa shape index (κ3) is 10.2. The Labute approximate surface area is 349 Å². The lowest BCUT2D eigenvalue weighted by atomic mass is 9.47. The highest BCUT2D eigenvalue weighted by Crippen LogP contribution is 2.63. The molecule has 320 valence electrons. The van der Waals surface area contributed by atoms with Crippen LogP contribution in [-0.4, -0.2) is 111 Å². The zero-order valence-electron chi connectivity index (χ0n) is 34.8. The zero-order valence-corrected chi connectivity index (χ0v) is 35.5. The molecule has 1 N–H and O–H groups in total. The lowest BCUT2D eigenvalue weighted by molar-refractivity contribution is -0.188. The van der Waals surface area contributed by atoms with E-state index in [1.54, 1.807) is 48.4 Å². The number of amides is 4. The van der Waals surface area contributed by atoms with E-state index >= 15 is 0 Å². The normalized spacial score (nSPS) is 19.7. The van der Waals surface area contributed by atoms with Gasteiger partial charge in [0.25, 0.3) is 11.1 Å². The highest BCUT2D eigenvalue weighted by atomic mass is 35.5. The number of methoxy groups -OCH3 is 4. The van der Waals surface area contributed by atoms with Crippen molar-refractivity contribution in [2.45, 2.75) is 77.7 Å². The number of imide groups is 1. The Kier molecular flexibility index (Phi) is 13.4. The van der Waals surface area contributed by atoms with Crippen molar-refractivity contribution < 1.29 is 57.2 Å². The lowest BCUT2D eigenvalue weighted by Crippen LogP contribution is -2.70. The van der Waals surface area contributed by atoms with Crippen molar-refractivity contribution >= 4 is 52.6 Å². The second-order valence-electron chi connectivity index (χ2n) is 17.4. The van der Waals surface area contributed by atoms with E-state index in [0.29, 0.717) is 80.9 Å². The zero-order chi connectivity index (χ0) is 43.4. The summed E-state index contributed by atoms with van der Waals surface area (Å²) in [6, 6.07) is 13.9. The number of hydrogen-bond donors (Lipinski definition) is 1. The van der Waals surface area contributed by atoms with Crippen LogP contribution >= 0.6 is 11.6 Å². The van der Waals surface area contributed by atoms with Crippen LogP contribution in [0, 0.1) is 21.7 Å². The summed E-state index contributed by atoms with van der Waals surface area (Å²) in [5, 5.41) is 1.99. The second-order valence-corrected chi connectivity index (χ2v) is 17.8. The standard InChI is InChI=1S/C18H20N2O4.C17H27NO6.C8H7ClO2/c1-24-13-4-2-3-12(7-13)15(22)20-10-17(11-20)8-18(9-17)6-5-14(21)19-16(18)23;1-15(2,3)24-14(21)18-10-16(11-18)8-17(9-16,13(20)23-5)7-6-12(19)22-4;1-11-7-4-2-3-6(5-7)8(9)10/h2-4,7H,5-6,8-11H2,1H3,(H,19,21,23);6-11H2,1-5H3;2-5H,1H3. The van der Waals surface area contributed by atoms with Gasteiger partial charge in [-0.15, -0.1) is 0 Å². The van der Waals surface area contributed by atoms with Gasteiger partial charge in [-0.25, -0.2) is 4.79 Å². The Hall–Kier alpha value is -5.18. The summed E-state index contributed by atoms with van der Waals surface area (Å²) >= 11 is 5.24. The van der Waals surface area contributed by atoms with Crippen LogP contribution in [0.2, 0.25) is 0 Å². The van der Waals surface area contributed by atoms with Gasteiger partial charge in [-0.05, 0) is 107 Å². The van der Waals surface area contributed by atoms with Crippen molar-refractivity contribution in [3.8, 4) is 11.5 Å². The third-order valence-corrected chi connectivity index (χ3v) is 11.9. The smallest absolute Gasteiger partial charge is 0.410 e. The van der Waals surface area contributed by atoms with E-state index in [2.05, 4.69) is 10.1 Å². The molecule has 2 aromatic rings. The maximum atomic E-state index is 12.5. The first-order valence-electron chi connectivity index (χ1n) is 19.5. The van der Waals surface area contributed by atoms with Gasteiger partial charge in [0.2, 0.25) is 11.8 Å². The minimum atomic E-state index is -0.636. The molecule has 5 aliphatic rings. The van der Waals surface area contributed by atoms with E-state index in [4.69, 9.17) is 30.5 Å². The Morgan fingerprint density at radius 3 is 1.81 bits per heavy atom. The number of piperidine rings is 1. The number of carbonyl (C=O) groups excluding carboxylic acids is 7. The molecule has 4 amide bonds. The summed E-state index contributed by atoms with van der Waals surface area (Å²) < 4.78 is 25.0. The molecule has 0 atom stereocenters. The molecule has 0 aromatic heterocycles. The Balaban J connectivity index is 0.000000180. The number of rotatable bonds is 8. The molecule has 2 aromatic carbocycles. The van der Waals surface area contributed by atoms with E-state index in [-0.39, 0.29) is 58.4 Å². The van der Waals surface area contributed by atoms with Crippen molar-refractivity contribution in [3.63, 3.8) is 0 Å². The quantitative estimate of drug-likeness (QED) is 0.151. The minimum Gasteiger partial charge on any atom is -0.497 e. The second kappa shape index (κ2) is 17.6. The first-order chi connectivity index (χ1) is 27.7. The van der Waals surface area contributed by atoms with Crippen molar-refractivity contribution in [3.05, 3.63) is 59.7 Å². The maximum absolute atomic E-state index is 12.5. The van der Waals surface area contributed by atoms with Crippen LogP contribution in [0.3, 0.4) is 0 Å². The number of nitrogens with one attached hydrogen (secondary N) is 1. The fraction of sp³-hybridized carbons (Fsp3) is 0.558. The highest BCUT2D eigenvalue weighted by molar-refractivity contribution is 6.67. The molecule has 15 nitrogen and oxygen atoms in total. The number of esters is 2. The first kappa shape index (κ1) is 44.9. The van der Waals surface area contributed by atoms with Gasteiger partial charge < -0.3 is 33.5 Å². The summed E-state index contributed by atoms with van der Waals surface area (Å²) in [6.07, 6.45) is 4.17. The largest absolute Gasteiger partial charge is 0.497 e. The number of hydrogen-bond acceptors (Lipinski definition) is 12. The summed E-state index contributed by atoms with van der Waals surface area (Å²) in [5.41, 5.74) is -0.448. The molecular weight excluding hydrogens is 786 g/mol. The average Bonchev–Trinajstić information content (AvgIpc) is 3.14. The monoisotopic (exact) mass is 839 g/mol. The first-order valence-corrected chi connectivity index (χ1v) is 19.9. The molecule has 2 aliphatic carbocycles. The van der Waals surface area contributed by atoms with Crippen LogP contribution in [0.5, 0.6) is 11.5 Å². The topological polar surface area (TPSA) is 184 Å². The van der Waals surface area contributed by atoms with Gasteiger partial charge in [0.15, 0.2) is 0 Å². The molecule has 0 bridgehead atoms. The summed E-state index contributed by atoms with van der Waals surface area (Å²) in [7, 11) is 5.81. The van der Waals surface area contributed by atoms with Crippen molar-refractivity contribution in [1.82, 2.24) is 15.1 Å². The molecule has 16 heteroatoms. The third-order valence-electron chi connectivity index (χ3n) is 11.7. The van der Waals surface area contributed by atoms with Crippen LogP contribution in [0.1, 0.15) is 92.9 Å². The number of benzene rings is 2. The lowest BCUT2D eigenvalue weighted by Gasteiger charge is -2.64. The molecule has 3 saturated heterocycles. The van der Waals surface area contributed by atoms with Gasteiger partial charge in [0.05, 0.1) is 39.3 Å². The number of halogens is 1. The fourth-order valence-electron chi connectivity index (χ4n) is 9.23. The molecule has 3 heterocycles. The highest BCUT2D eigenvalue weighted by Gasteiger charge is 2.65. The molecule has 3 aliphatic heterocycles. The predicted octanol–water partition coefficient (Wildman–Crippen LogP) is 5.56. The molecule has 7 rings (SSSR count). The molecule has 3 spiro atoms. The van der Waals surface area contributed by atoms with Crippen molar-refractivity contribution in [1.29, 1.82) is 0 Å². The van der Waals surface area contributed by atoms with Crippen LogP contribution < -0.4 is 14.8 Å². The van der Waals surface area contributed by atoms with Crippen LogP contribution in [-0.2, 0) is 33.4 Å². The average molecular weight is 840 g/mol.